The predicted molar refractivity (Wildman–Crippen MR) is 130 cm³/mol. The molecule has 6 heteroatoms. The van der Waals surface area contributed by atoms with E-state index < -0.39 is 5.41 Å². The molecule has 6 nitrogen and oxygen atoms in total. The van der Waals surface area contributed by atoms with Crippen LogP contribution >= 0.6 is 0 Å². The number of benzene rings is 2. The van der Waals surface area contributed by atoms with Crippen LogP contribution in [0.4, 0.5) is 0 Å². The first kappa shape index (κ1) is 22.8. The van der Waals surface area contributed by atoms with Crippen molar-refractivity contribution < 1.29 is 9.59 Å². The Hall–Kier alpha value is -3.41. The maximum atomic E-state index is 13.2. The van der Waals surface area contributed by atoms with Crippen LogP contribution in [0.5, 0.6) is 0 Å². The number of nitrogens with two attached hydrogens (primary N) is 1. The molecule has 0 bridgehead atoms. The number of aryl methyl sites for hydroxylation is 1. The van der Waals surface area contributed by atoms with Gasteiger partial charge >= 0.3 is 0 Å². The molecule has 33 heavy (non-hydrogen) atoms. The molecule has 1 fully saturated rings. The normalized spacial score (nSPS) is 18.5. The van der Waals surface area contributed by atoms with Gasteiger partial charge in [0.25, 0.3) is 5.91 Å². The molecule has 172 valence electrons. The number of hydrogen-bond donors (Lipinski definition) is 2. The van der Waals surface area contributed by atoms with Crippen molar-refractivity contribution in [2.45, 2.75) is 46.0 Å². The SMILES string of the molecule is Cc1cccc(-c2cccc(C[C@@]3(C(N)=O)CCCN(C(=O)c4cc(C(C)C)[nH]n4)C3)c2)c1. The van der Waals surface area contributed by atoms with Gasteiger partial charge in [0.15, 0.2) is 0 Å². The van der Waals surface area contributed by atoms with E-state index in [0.29, 0.717) is 31.6 Å². The van der Waals surface area contributed by atoms with E-state index in [1.165, 1.54) is 5.56 Å². The molecule has 3 aromatic rings. The first-order valence-electron chi connectivity index (χ1n) is 11.6. The van der Waals surface area contributed by atoms with Crippen LogP contribution < -0.4 is 5.73 Å². The predicted octanol–water partition coefficient (Wildman–Crippen LogP) is 4.46. The highest BCUT2D eigenvalue weighted by atomic mass is 16.2. The lowest BCUT2D eigenvalue weighted by Gasteiger charge is -2.40. The van der Waals surface area contributed by atoms with Crippen LogP contribution in [0.1, 0.15) is 59.9 Å². The summed E-state index contributed by atoms with van der Waals surface area (Å²) in [6.07, 6.45) is 1.90. The van der Waals surface area contributed by atoms with Gasteiger partial charge in [-0.25, -0.2) is 0 Å². The minimum absolute atomic E-state index is 0.156. The van der Waals surface area contributed by atoms with Crippen molar-refractivity contribution in [2.24, 2.45) is 11.1 Å². The highest BCUT2D eigenvalue weighted by Crippen LogP contribution is 2.35. The van der Waals surface area contributed by atoms with Gasteiger partial charge in [-0.3, -0.25) is 14.7 Å². The molecule has 0 saturated carbocycles. The Labute approximate surface area is 195 Å². The summed E-state index contributed by atoms with van der Waals surface area (Å²) in [6.45, 7) is 7.07. The Morgan fingerprint density at radius 1 is 1.12 bits per heavy atom. The summed E-state index contributed by atoms with van der Waals surface area (Å²) < 4.78 is 0. The van der Waals surface area contributed by atoms with Crippen LogP contribution in [0.25, 0.3) is 11.1 Å². The third-order valence-corrected chi connectivity index (χ3v) is 6.65. The fourth-order valence-corrected chi connectivity index (χ4v) is 4.72. The molecule has 0 unspecified atom stereocenters. The zero-order valence-corrected chi connectivity index (χ0v) is 19.6. The molecule has 2 aromatic carbocycles. The number of carbonyl (C=O) groups excluding carboxylic acids is 2. The molecule has 2 heterocycles. The number of rotatable bonds is 6. The lowest BCUT2D eigenvalue weighted by atomic mass is 9.74. The third kappa shape index (κ3) is 4.85. The van der Waals surface area contributed by atoms with Gasteiger partial charge in [-0.1, -0.05) is 67.9 Å². The average Bonchev–Trinajstić information content (AvgIpc) is 3.29. The summed E-state index contributed by atoms with van der Waals surface area (Å²) in [6, 6.07) is 18.4. The minimum atomic E-state index is -0.795. The Bertz CT molecular complexity index is 1170. The van der Waals surface area contributed by atoms with E-state index in [1.807, 2.05) is 32.0 Å². The Morgan fingerprint density at radius 2 is 1.85 bits per heavy atom. The van der Waals surface area contributed by atoms with E-state index in [-0.39, 0.29) is 17.7 Å². The monoisotopic (exact) mass is 444 g/mol. The second kappa shape index (κ2) is 9.22. The molecular weight excluding hydrogens is 412 g/mol. The van der Waals surface area contributed by atoms with Crippen molar-refractivity contribution in [2.75, 3.05) is 13.1 Å². The topological polar surface area (TPSA) is 92.1 Å². The number of piperidine rings is 1. The lowest BCUT2D eigenvalue weighted by molar-refractivity contribution is -0.130. The summed E-state index contributed by atoms with van der Waals surface area (Å²) in [7, 11) is 0. The van der Waals surface area contributed by atoms with Crippen LogP contribution in [0, 0.1) is 12.3 Å². The van der Waals surface area contributed by atoms with Gasteiger partial charge in [-0.05, 0) is 54.9 Å². The van der Waals surface area contributed by atoms with Gasteiger partial charge in [0.1, 0.15) is 5.69 Å². The maximum absolute atomic E-state index is 13.2. The number of nitrogens with one attached hydrogen (secondary N) is 1. The molecule has 1 atom stereocenters. The number of carbonyl (C=O) groups is 2. The summed E-state index contributed by atoms with van der Waals surface area (Å²) in [5, 5.41) is 7.15. The molecule has 1 aliphatic rings. The van der Waals surface area contributed by atoms with E-state index in [1.54, 1.807) is 11.0 Å². The van der Waals surface area contributed by atoms with Gasteiger partial charge in [-0.15, -0.1) is 0 Å². The van der Waals surface area contributed by atoms with E-state index in [2.05, 4.69) is 47.5 Å². The van der Waals surface area contributed by atoms with E-state index >= 15 is 0 Å². The number of nitrogens with zero attached hydrogens (tertiary/aromatic N) is 2. The number of likely N-dealkylation sites (tertiary alicyclic amines) is 1. The van der Waals surface area contributed by atoms with Crippen LogP contribution in [-0.4, -0.2) is 40.0 Å². The Kier molecular flexibility index (Phi) is 6.36. The molecule has 1 saturated heterocycles. The number of aromatic nitrogens is 2. The molecule has 3 N–H and O–H groups in total. The van der Waals surface area contributed by atoms with Crippen LogP contribution in [0.15, 0.2) is 54.6 Å². The summed E-state index contributed by atoms with van der Waals surface area (Å²) in [5.41, 5.74) is 11.0. The van der Waals surface area contributed by atoms with E-state index in [9.17, 15) is 9.59 Å². The fourth-order valence-electron chi connectivity index (χ4n) is 4.72. The van der Waals surface area contributed by atoms with Crippen LogP contribution in [0.2, 0.25) is 0 Å². The third-order valence-electron chi connectivity index (χ3n) is 6.65. The number of amides is 2. The first-order valence-corrected chi connectivity index (χ1v) is 11.6. The summed E-state index contributed by atoms with van der Waals surface area (Å²) in [4.78, 5) is 27.6. The Morgan fingerprint density at radius 3 is 2.52 bits per heavy atom. The molecule has 4 rings (SSSR count). The van der Waals surface area contributed by atoms with Crippen LogP contribution in [-0.2, 0) is 11.2 Å². The van der Waals surface area contributed by atoms with Crippen molar-refractivity contribution >= 4 is 11.8 Å². The van der Waals surface area contributed by atoms with E-state index in [0.717, 1.165) is 28.8 Å². The van der Waals surface area contributed by atoms with Crippen molar-refractivity contribution in [3.05, 3.63) is 77.1 Å². The van der Waals surface area contributed by atoms with Crippen molar-refractivity contribution in [1.29, 1.82) is 0 Å². The molecule has 0 spiro atoms. The minimum Gasteiger partial charge on any atom is -0.369 e. The van der Waals surface area contributed by atoms with Gasteiger partial charge in [-0.2, -0.15) is 5.10 Å². The number of primary amides is 1. The maximum Gasteiger partial charge on any atom is 0.274 e. The van der Waals surface area contributed by atoms with Crippen molar-refractivity contribution in [1.82, 2.24) is 15.1 Å². The molecular formula is C27H32N4O2. The standard InChI is InChI=1S/C27H32N4O2/c1-18(2)23-15-24(30-29-23)25(32)31-12-6-11-27(17-31,26(28)33)16-20-8-5-10-22(14-20)21-9-4-7-19(3)13-21/h4-5,7-10,13-15,18H,6,11-12,16-17H2,1-3H3,(H2,28,33)(H,29,30)/t27-/m0/s1. The van der Waals surface area contributed by atoms with Crippen LogP contribution in [0.3, 0.4) is 0 Å². The molecule has 2 amide bonds. The van der Waals surface area contributed by atoms with Gasteiger partial charge < -0.3 is 10.6 Å². The van der Waals surface area contributed by atoms with Gasteiger partial charge in [0, 0.05) is 18.8 Å². The largest absolute Gasteiger partial charge is 0.369 e. The highest BCUT2D eigenvalue weighted by Gasteiger charge is 2.42. The molecule has 1 aliphatic heterocycles. The molecule has 1 aromatic heterocycles. The van der Waals surface area contributed by atoms with Gasteiger partial charge in [0.2, 0.25) is 5.91 Å². The second-order valence-electron chi connectivity index (χ2n) is 9.58. The number of aromatic amines is 1. The molecule has 0 aliphatic carbocycles. The lowest BCUT2D eigenvalue weighted by Crippen LogP contribution is -2.53. The first-order chi connectivity index (χ1) is 15.8. The zero-order valence-electron chi connectivity index (χ0n) is 19.6. The number of hydrogen-bond acceptors (Lipinski definition) is 3. The zero-order chi connectivity index (χ0) is 23.6. The average molecular weight is 445 g/mol. The number of H-pyrrole nitrogens is 1. The summed E-state index contributed by atoms with van der Waals surface area (Å²) in [5.74, 6) is -0.256. The van der Waals surface area contributed by atoms with E-state index in [4.69, 9.17) is 5.73 Å². The van der Waals surface area contributed by atoms with Gasteiger partial charge in [0.05, 0.1) is 5.41 Å². The highest BCUT2D eigenvalue weighted by molar-refractivity contribution is 5.93. The van der Waals surface area contributed by atoms with Crippen molar-refractivity contribution in [3.63, 3.8) is 0 Å². The van der Waals surface area contributed by atoms with Crippen molar-refractivity contribution in [3.8, 4) is 11.1 Å². The smallest absolute Gasteiger partial charge is 0.274 e. The fraction of sp³-hybridized carbons (Fsp3) is 0.370. The quantitative estimate of drug-likeness (QED) is 0.588. The molecule has 0 radical (unpaired) electrons. The Balaban J connectivity index is 1.57. The summed E-state index contributed by atoms with van der Waals surface area (Å²) >= 11 is 0. The second-order valence-corrected chi connectivity index (χ2v) is 9.58.